The molecule has 0 radical (unpaired) electrons. The molecule has 0 spiro atoms. The molecule has 1 fully saturated rings. The van der Waals surface area contributed by atoms with Crippen LogP contribution in [0.4, 0.5) is 0 Å². The first kappa shape index (κ1) is 10.3. The minimum atomic E-state index is -0.944. The molecule has 1 aliphatic carbocycles. The van der Waals surface area contributed by atoms with Crippen molar-refractivity contribution < 1.29 is 9.90 Å². The second-order valence-electron chi connectivity index (χ2n) is 4.32. The van der Waals surface area contributed by atoms with Gasteiger partial charge in [-0.05, 0) is 18.9 Å². The Bertz CT molecular complexity index is 599. The Morgan fingerprint density at radius 2 is 2.35 bits per heavy atom. The average molecular weight is 231 g/mol. The summed E-state index contributed by atoms with van der Waals surface area (Å²) in [5.74, 6) is -0.01000. The van der Waals surface area contributed by atoms with Gasteiger partial charge in [0.05, 0.1) is 5.56 Å². The van der Waals surface area contributed by atoms with Crippen molar-refractivity contribution in [1.82, 2.24) is 14.5 Å². The van der Waals surface area contributed by atoms with Crippen molar-refractivity contribution in [3.05, 3.63) is 23.7 Å². The third-order valence-corrected chi connectivity index (χ3v) is 3.11. The van der Waals surface area contributed by atoms with E-state index in [4.69, 9.17) is 5.11 Å². The Labute approximate surface area is 98.1 Å². The van der Waals surface area contributed by atoms with Crippen molar-refractivity contribution in [2.75, 3.05) is 0 Å². The molecule has 3 rings (SSSR count). The van der Waals surface area contributed by atoms with Crippen molar-refractivity contribution in [2.45, 2.75) is 32.2 Å². The van der Waals surface area contributed by atoms with Gasteiger partial charge in [-0.25, -0.2) is 14.8 Å². The summed E-state index contributed by atoms with van der Waals surface area (Å²) in [5.41, 5.74) is 1.47. The summed E-state index contributed by atoms with van der Waals surface area (Å²) in [4.78, 5) is 19.9. The molecule has 1 saturated carbocycles. The highest BCUT2D eigenvalue weighted by atomic mass is 16.4. The maximum absolute atomic E-state index is 11.1. The Balaban J connectivity index is 2.32. The first-order chi connectivity index (χ1) is 8.22. The number of rotatable bonds is 3. The lowest BCUT2D eigenvalue weighted by molar-refractivity contribution is 0.0698. The molecule has 5 nitrogen and oxygen atoms in total. The van der Waals surface area contributed by atoms with Crippen LogP contribution in [0.1, 0.15) is 42.0 Å². The predicted molar refractivity (Wildman–Crippen MR) is 62.1 cm³/mol. The number of pyridine rings is 1. The van der Waals surface area contributed by atoms with E-state index in [9.17, 15) is 4.79 Å². The number of hydrogen-bond acceptors (Lipinski definition) is 3. The minimum absolute atomic E-state index is 0.240. The molecule has 2 aromatic rings. The lowest BCUT2D eigenvalue weighted by Crippen LogP contribution is -2.01. The molecular weight excluding hydrogens is 218 g/mol. The average Bonchev–Trinajstić information content (AvgIpc) is 3.08. The van der Waals surface area contributed by atoms with Crippen molar-refractivity contribution in [2.24, 2.45) is 0 Å². The Kier molecular flexibility index (Phi) is 2.14. The van der Waals surface area contributed by atoms with Crippen LogP contribution in [-0.4, -0.2) is 25.6 Å². The molecule has 88 valence electrons. The summed E-state index contributed by atoms with van der Waals surface area (Å²) in [5, 5.41) is 9.13. The van der Waals surface area contributed by atoms with Crippen molar-refractivity contribution >= 4 is 17.1 Å². The fraction of sp³-hybridized carbons (Fsp3) is 0.417. The molecule has 0 amide bonds. The van der Waals surface area contributed by atoms with E-state index >= 15 is 0 Å². The molecule has 2 heterocycles. The molecule has 0 unspecified atom stereocenters. The topological polar surface area (TPSA) is 68.0 Å². The Hall–Kier alpha value is -1.91. The van der Waals surface area contributed by atoms with E-state index in [1.54, 1.807) is 6.20 Å². The first-order valence-corrected chi connectivity index (χ1v) is 5.81. The second kappa shape index (κ2) is 3.55. The SMILES string of the molecule is CCc1nc2c(C(=O)O)ccnc2n1C1CC1. The van der Waals surface area contributed by atoms with Crippen LogP contribution in [0.25, 0.3) is 11.2 Å². The smallest absolute Gasteiger partial charge is 0.338 e. The second-order valence-corrected chi connectivity index (χ2v) is 4.32. The molecule has 1 N–H and O–H groups in total. The Morgan fingerprint density at radius 1 is 1.59 bits per heavy atom. The van der Waals surface area contributed by atoms with Crippen LogP contribution in [0.15, 0.2) is 12.3 Å². The highest BCUT2D eigenvalue weighted by Crippen LogP contribution is 2.38. The van der Waals surface area contributed by atoms with Gasteiger partial charge in [-0.2, -0.15) is 0 Å². The lowest BCUT2D eigenvalue weighted by Gasteiger charge is -2.04. The highest BCUT2D eigenvalue weighted by Gasteiger charge is 2.29. The van der Waals surface area contributed by atoms with Crippen LogP contribution in [0, 0.1) is 0 Å². The Morgan fingerprint density at radius 3 is 2.94 bits per heavy atom. The van der Waals surface area contributed by atoms with Gasteiger partial charge < -0.3 is 9.67 Å². The predicted octanol–water partition coefficient (Wildman–Crippen LogP) is 2.03. The summed E-state index contributed by atoms with van der Waals surface area (Å²) < 4.78 is 2.10. The van der Waals surface area contributed by atoms with Gasteiger partial charge in [0.25, 0.3) is 0 Å². The number of hydrogen-bond donors (Lipinski definition) is 1. The van der Waals surface area contributed by atoms with Crippen molar-refractivity contribution in [3.8, 4) is 0 Å². The number of aromatic nitrogens is 3. The summed E-state index contributed by atoms with van der Waals surface area (Å²) >= 11 is 0. The summed E-state index contributed by atoms with van der Waals surface area (Å²) in [6.45, 7) is 2.03. The summed E-state index contributed by atoms with van der Waals surface area (Å²) in [6, 6.07) is 1.97. The molecule has 0 aromatic carbocycles. The van der Waals surface area contributed by atoms with Gasteiger partial charge in [-0.15, -0.1) is 0 Å². The molecule has 5 heteroatoms. The first-order valence-electron chi connectivity index (χ1n) is 5.81. The largest absolute Gasteiger partial charge is 0.478 e. The van der Waals surface area contributed by atoms with Gasteiger partial charge in [0.1, 0.15) is 11.3 Å². The molecule has 0 atom stereocenters. The number of aromatic carboxylic acids is 1. The van der Waals surface area contributed by atoms with Crippen LogP contribution in [-0.2, 0) is 6.42 Å². The van der Waals surface area contributed by atoms with Gasteiger partial charge in [-0.1, -0.05) is 6.92 Å². The molecule has 1 aliphatic rings. The number of imidazole rings is 1. The molecule has 2 aromatic heterocycles. The van der Waals surface area contributed by atoms with Gasteiger partial charge in [-0.3, -0.25) is 0 Å². The van der Waals surface area contributed by atoms with Crippen LogP contribution in [0.2, 0.25) is 0 Å². The lowest BCUT2D eigenvalue weighted by atomic mass is 10.2. The normalized spacial score (nSPS) is 15.4. The van der Waals surface area contributed by atoms with Crippen LogP contribution >= 0.6 is 0 Å². The van der Waals surface area contributed by atoms with Crippen molar-refractivity contribution in [3.63, 3.8) is 0 Å². The fourth-order valence-electron chi connectivity index (χ4n) is 2.17. The highest BCUT2D eigenvalue weighted by molar-refractivity contribution is 5.99. The number of aryl methyl sites for hydroxylation is 1. The van der Waals surface area contributed by atoms with E-state index in [1.807, 2.05) is 6.92 Å². The molecule has 0 bridgehead atoms. The van der Waals surface area contributed by atoms with Gasteiger partial charge in [0, 0.05) is 18.7 Å². The molecular formula is C12H13N3O2. The van der Waals surface area contributed by atoms with E-state index in [0.717, 1.165) is 25.1 Å². The van der Waals surface area contributed by atoms with Gasteiger partial charge in [0.15, 0.2) is 5.65 Å². The van der Waals surface area contributed by atoms with Crippen LogP contribution in [0.3, 0.4) is 0 Å². The van der Waals surface area contributed by atoms with E-state index in [1.165, 1.54) is 6.07 Å². The maximum Gasteiger partial charge on any atom is 0.338 e. The fourth-order valence-corrected chi connectivity index (χ4v) is 2.17. The third-order valence-electron chi connectivity index (χ3n) is 3.11. The van der Waals surface area contributed by atoms with Crippen LogP contribution < -0.4 is 0 Å². The van der Waals surface area contributed by atoms with Crippen molar-refractivity contribution in [1.29, 1.82) is 0 Å². The van der Waals surface area contributed by atoms with Crippen LogP contribution in [0.5, 0.6) is 0 Å². The third kappa shape index (κ3) is 1.50. The summed E-state index contributed by atoms with van der Waals surface area (Å²) in [6.07, 6.45) is 4.62. The molecule has 17 heavy (non-hydrogen) atoms. The number of carboxylic acid groups (broad SMARTS) is 1. The van der Waals surface area contributed by atoms with E-state index in [2.05, 4.69) is 14.5 Å². The zero-order chi connectivity index (χ0) is 12.0. The number of fused-ring (bicyclic) bond motifs is 1. The number of carboxylic acids is 1. The maximum atomic E-state index is 11.1. The summed E-state index contributed by atoms with van der Waals surface area (Å²) in [7, 11) is 0. The number of nitrogens with zero attached hydrogens (tertiary/aromatic N) is 3. The van der Waals surface area contributed by atoms with E-state index in [0.29, 0.717) is 17.2 Å². The van der Waals surface area contributed by atoms with E-state index < -0.39 is 5.97 Å². The van der Waals surface area contributed by atoms with Gasteiger partial charge >= 0.3 is 5.97 Å². The number of carbonyl (C=O) groups is 1. The standard InChI is InChI=1S/C12H13N3O2/c1-2-9-14-10-8(12(16)17)5-6-13-11(10)15(9)7-3-4-7/h5-7H,2-4H2,1H3,(H,16,17). The van der Waals surface area contributed by atoms with E-state index in [-0.39, 0.29) is 5.56 Å². The minimum Gasteiger partial charge on any atom is -0.478 e. The quantitative estimate of drug-likeness (QED) is 0.877. The van der Waals surface area contributed by atoms with Gasteiger partial charge in [0.2, 0.25) is 0 Å². The molecule has 0 saturated heterocycles. The monoisotopic (exact) mass is 231 g/mol. The molecule has 0 aliphatic heterocycles. The zero-order valence-electron chi connectivity index (χ0n) is 9.55. The zero-order valence-corrected chi connectivity index (χ0v) is 9.55.